The Kier molecular flexibility index (Phi) is 6.83. The van der Waals surface area contributed by atoms with Crippen LogP contribution in [0.4, 0.5) is 11.4 Å². The Bertz CT molecular complexity index is 1010. The summed E-state index contributed by atoms with van der Waals surface area (Å²) in [6, 6.07) is 15.0. The maximum atomic E-state index is 12.2. The highest BCUT2D eigenvalue weighted by atomic mass is 32.2. The number of thioether (sulfide) groups is 1. The third-order valence-electron chi connectivity index (χ3n) is 6.29. The minimum Gasteiger partial charge on any atom is -0.497 e. The van der Waals surface area contributed by atoms with Gasteiger partial charge in [0, 0.05) is 31.6 Å². The van der Waals surface area contributed by atoms with Crippen LogP contribution in [0.3, 0.4) is 0 Å². The largest absolute Gasteiger partial charge is 0.497 e. The Hall–Kier alpha value is -2.75. The molecule has 0 aromatic heterocycles. The lowest BCUT2D eigenvalue weighted by Crippen LogP contribution is -2.58. The Balaban J connectivity index is 1.71. The fraction of sp³-hybridized carbons (Fsp3) is 0.417. The van der Waals surface area contributed by atoms with E-state index >= 15 is 0 Å². The van der Waals surface area contributed by atoms with Crippen molar-refractivity contribution >= 4 is 34.2 Å². The second-order valence-corrected chi connectivity index (χ2v) is 9.80. The highest BCUT2D eigenvalue weighted by molar-refractivity contribution is 8.14. The summed E-state index contributed by atoms with van der Waals surface area (Å²) < 4.78 is 5.25. The van der Waals surface area contributed by atoms with Crippen LogP contribution in [0.5, 0.6) is 5.75 Å². The number of anilines is 1. The second-order valence-electron chi connectivity index (χ2n) is 8.66. The Morgan fingerprint density at radius 3 is 2.42 bits per heavy atom. The van der Waals surface area contributed by atoms with E-state index in [0.29, 0.717) is 11.7 Å². The molecule has 1 heterocycles. The number of carbonyl (C=O) groups is 1. The van der Waals surface area contributed by atoms with E-state index in [4.69, 9.17) is 15.5 Å². The van der Waals surface area contributed by atoms with Crippen LogP contribution in [0.15, 0.2) is 53.5 Å². The van der Waals surface area contributed by atoms with E-state index in [1.54, 1.807) is 7.11 Å². The van der Waals surface area contributed by atoms with Crippen molar-refractivity contribution in [2.75, 3.05) is 26.1 Å². The van der Waals surface area contributed by atoms with E-state index in [0.717, 1.165) is 22.7 Å². The van der Waals surface area contributed by atoms with Crippen LogP contribution in [-0.2, 0) is 11.3 Å². The van der Waals surface area contributed by atoms with Gasteiger partial charge < -0.3 is 30.5 Å². The number of primary amides is 1. The molecule has 2 aromatic carbocycles. The van der Waals surface area contributed by atoms with Crippen molar-refractivity contribution in [3.8, 4) is 5.75 Å². The number of aliphatic imine (C=N–C) groups is 1. The molecule has 1 saturated heterocycles. The van der Waals surface area contributed by atoms with Gasteiger partial charge in [0.2, 0.25) is 5.91 Å². The molecule has 1 aliphatic heterocycles. The van der Waals surface area contributed by atoms with Crippen molar-refractivity contribution in [2.24, 2.45) is 16.6 Å². The van der Waals surface area contributed by atoms with Gasteiger partial charge in [-0.3, -0.25) is 4.79 Å². The number of aliphatic hydroxyl groups excluding tert-OH is 2. The highest BCUT2D eigenvalue weighted by Crippen LogP contribution is 2.45. The molecule has 2 fully saturated rings. The highest BCUT2D eigenvalue weighted by Gasteiger charge is 2.54. The predicted octanol–water partition coefficient (Wildman–Crippen LogP) is 1.96. The Labute approximate surface area is 198 Å². The van der Waals surface area contributed by atoms with Crippen molar-refractivity contribution in [1.29, 1.82) is 0 Å². The average molecular weight is 471 g/mol. The van der Waals surface area contributed by atoms with Crippen molar-refractivity contribution in [3.05, 3.63) is 54.1 Å². The Morgan fingerprint density at radius 2 is 1.85 bits per heavy atom. The first-order valence-corrected chi connectivity index (χ1v) is 11.7. The molecule has 2 aromatic rings. The first-order valence-electron chi connectivity index (χ1n) is 10.9. The number of carbonyl (C=O) groups excluding carboxylic acids is 1. The summed E-state index contributed by atoms with van der Waals surface area (Å²) in [6.45, 7) is 0.460. The quantitative estimate of drug-likeness (QED) is 0.592. The van der Waals surface area contributed by atoms with Crippen LogP contribution in [0.1, 0.15) is 12.0 Å². The molecule has 1 aliphatic carbocycles. The van der Waals surface area contributed by atoms with E-state index < -0.39 is 30.1 Å². The zero-order valence-corrected chi connectivity index (χ0v) is 19.8. The number of fused-ring (bicyclic) bond motifs is 1. The van der Waals surface area contributed by atoms with Gasteiger partial charge in [0.1, 0.15) is 11.9 Å². The summed E-state index contributed by atoms with van der Waals surface area (Å²) in [5.41, 5.74) is 8.51. The molecule has 4 N–H and O–H groups in total. The van der Waals surface area contributed by atoms with Gasteiger partial charge in [-0.05, 0) is 48.4 Å². The fourth-order valence-electron chi connectivity index (χ4n) is 4.43. The van der Waals surface area contributed by atoms with Gasteiger partial charge in [0.15, 0.2) is 5.17 Å². The average Bonchev–Trinajstić information content (AvgIpc) is 3.14. The number of hydrogen-bond donors (Lipinski definition) is 3. The maximum absolute atomic E-state index is 12.2. The number of hydrogen-bond acceptors (Lipinski definition) is 7. The molecule has 0 spiro atoms. The van der Waals surface area contributed by atoms with E-state index in [1.165, 1.54) is 11.8 Å². The summed E-state index contributed by atoms with van der Waals surface area (Å²) in [5.74, 6) is -0.269. The number of nitrogens with zero attached hydrogens (tertiary/aromatic N) is 3. The lowest BCUT2D eigenvalue weighted by atomic mass is 9.80. The number of aliphatic hydroxyl groups is 2. The molecule has 5 atom stereocenters. The van der Waals surface area contributed by atoms with Gasteiger partial charge in [-0.25, -0.2) is 4.99 Å². The molecule has 0 radical (unpaired) electrons. The van der Waals surface area contributed by atoms with E-state index in [2.05, 4.69) is 0 Å². The van der Waals surface area contributed by atoms with E-state index in [1.807, 2.05) is 72.4 Å². The lowest BCUT2D eigenvalue weighted by Gasteiger charge is -2.41. The number of methoxy groups -OCH3 is 1. The first-order chi connectivity index (χ1) is 15.8. The van der Waals surface area contributed by atoms with Gasteiger partial charge in [0.05, 0.1) is 30.9 Å². The normalized spacial score (nSPS) is 28.0. The number of amidine groups is 1. The van der Waals surface area contributed by atoms with Gasteiger partial charge in [-0.2, -0.15) is 0 Å². The van der Waals surface area contributed by atoms with Gasteiger partial charge >= 0.3 is 0 Å². The summed E-state index contributed by atoms with van der Waals surface area (Å²) in [6.07, 6.45) is -1.90. The molecule has 1 amide bonds. The summed E-state index contributed by atoms with van der Waals surface area (Å²) in [7, 11) is 5.57. The van der Waals surface area contributed by atoms with Crippen LogP contribution in [0.25, 0.3) is 0 Å². The van der Waals surface area contributed by atoms with Crippen LogP contribution in [0, 0.1) is 5.92 Å². The van der Waals surface area contributed by atoms with Gasteiger partial charge in [-0.15, -0.1) is 0 Å². The van der Waals surface area contributed by atoms with Crippen LogP contribution in [-0.4, -0.2) is 70.9 Å². The molecule has 33 heavy (non-hydrogen) atoms. The third kappa shape index (κ3) is 4.80. The molecule has 0 bridgehead atoms. The molecule has 2 aliphatic rings. The minimum atomic E-state index is -1.03. The second kappa shape index (κ2) is 9.62. The molecule has 4 rings (SSSR count). The number of ether oxygens (including phenoxy) is 1. The number of nitrogens with two attached hydrogens (primary N) is 1. The SMILES string of the molecule is COc1ccc(CN2C(=Nc3ccc(N(C)C)cc3)S[C@H]3[C@@H]2[C@@H](O)[C@H](O)C[C@@H]3C(N)=O)cc1. The topological polar surface area (TPSA) is 112 Å². The van der Waals surface area contributed by atoms with Crippen molar-refractivity contribution in [2.45, 2.75) is 36.5 Å². The smallest absolute Gasteiger partial charge is 0.221 e. The zero-order chi connectivity index (χ0) is 23.7. The monoisotopic (exact) mass is 470 g/mol. The fourth-order valence-corrected chi connectivity index (χ4v) is 6.01. The third-order valence-corrected chi connectivity index (χ3v) is 7.70. The number of amides is 1. The molecule has 176 valence electrons. The van der Waals surface area contributed by atoms with Crippen LogP contribution < -0.4 is 15.4 Å². The van der Waals surface area contributed by atoms with Crippen molar-refractivity contribution in [3.63, 3.8) is 0 Å². The summed E-state index contributed by atoms with van der Waals surface area (Å²) >= 11 is 1.45. The molecule has 0 unspecified atom stereocenters. The van der Waals surface area contributed by atoms with Crippen molar-refractivity contribution < 1.29 is 19.7 Å². The van der Waals surface area contributed by atoms with Crippen LogP contribution in [0.2, 0.25) is 0 Å². The predicted molar refractivity (Wildman–Crippen MR) is 131 cm³/mol. The minimum absolute atomic E-state index is 0.145. The summed E-state index contributed by atoms with van der Waals surface area (Å²) in [5, 5.41) is 21.8. The standard InChI is InChI=1S/C24H30N4O4S/c1-27(2)16-8-6-15(7-9-16)26-24-28(13-14-4-10-17(32-3)11-5-14)20-21(30)19(29)12-18(23(25)31)22(20)33-24/h4-11,18-22,29-30H,12-13H2,1-3H3,(H2,25,31)/t18-,19+,20-,21-,22+/m0/s1. The Morgan fingerprint density at radius 1 is 1.18 bits per heavy atom. The summed E-state index contributed by atoms with van der Waals surface area (Å²) in [4.78, 5) is 21.1. The lowest BCUT2D eigenvalue weighted by molar-refractivity contribution is -0.128. The zero-order valence-electron chi connectivity index (χ0n) is 19.0. The van der Waals surface area contributed by atoms with E-state index in [9.17, 15) is 15.0 Å². The first kappa shape index (κ1) is 23.4. The number of rotatable bonds is 6. The number of benzene rings is 2. The molecular weight excluding hydrogens is 440 g/mol. The van der Waals surface area contributed by atoms with Crippen molar-refractivity contribution in [1.82, 2.24) is 4.90 Å². The molecule has 1 saturated carbocycles. The van der Waals surface area contributed by atoms with Gasteiger partial charge in [0.25, 0.3) is 0 Å². The maximum Gasteiger partial charge on any atom is 0.221 e. The molecule has 8 nitrogen and oxygen atoms in total. The molecule has 9 heteroatoms. The molecular formula is C24H30N4O4S. The van der Waals surface area contributed by atoms with Crippen LogP contribution >= 0.6 is 11.8 Å². The van der Waals surface area contributed by atoms with E-state index in [-0.39, 0.29) is 11.7 Å². The van der Waals surface area contributed by atoms with Gasteiger partial charge in [-0.1, -0.05) is 23.9 Å².